The highest BCUT2D eigenvalue weighted by Crippen LogP contribution is 2.24. The molecule has 1 rings (SSSR count). The predicted octanol–water partition coefficient (Wildman–Crippen LogP) is 1.06. The largest absolute Gasteiger partial charge is 0.396 e. The van der Waals surface area contributed by atoms with Crippen LogP contribution < -0.4 is 10.6 Å². The van der Waals surface area contributed by atoms with Gasteiger partial charge in [0.1, 0.15) is 0 Å². The monoisotopic (exact) mass is 286 g/mol. The van der Waals surface area contributed by atoms with Crippen LogP contribution in [0.1, 0.15) is 46.0 Å². The summed E-state index contributed by atoms with van der Waals surface area (Å²) in [4.78, 5) is 11.8. The smallest absolute Gasteiger partial charge is 0.222 e. The Morgan fingerprint density at radius 1 is 1.35 bits per heavy atom. The van der Waals surface area contributed by atoms with Gasteiger partial charge in [-0.15, -0.1) is 0 Å². The van der Waals surface area contributed by atoms with E-state index in [2.05, 4.69) is 10.6 Å². The fourth-order valence-corrected chi connectivity index (χ4v) is 2.43. The number of amides is 1. The maximum absolute atomic E-state index is 11.8. The van der Waals surface area contributed by atoms with Crippen molar-refractivity contribution < 1.29 is 14.6 Å². The average Bonchev–Trinajstić information content (AvgIpc) is 2.50. The number of piperidine rings is 1. The van der Waals surface area contributed by atoms with Gasteiger partial charge in [-0.3, -0.25) is 4.79 Å². The first kappa shape index (κ1) is 17.4. The van der Waals surface area contributed by atoms with Crippen molar-refractivity contribution in [2.75, 3.05) is 32.8 Å². The lowest BCUT2D eigenvalue weighted by Gasteiger charge is -2.29. The van der Waals surface area contributed by atoms with E-state index in [0.29, 0.717) is 25.7 Å². The Balaban J connectivity index is 2.16. The molecule has 0 aromatic carbocycles. The minimum absolute atomic E-state index is 0.0126. The summed E-state index contributed by atoms with van der Waals surface area (Å²) in [5, 5.41) is 15.7. The van der Waals surface area contributed by atoms with Crippen LogP contribution in [0, 0.1) is 5.41 Å². The summed E-state index contributed by atoms with van der Waals surface area (Å²) in [6.45, 7) is 7.25. The lowest BCUT2D eigenvalue weighted by atomic mass is 9.83. The Morgan fingerprint density at radius 3 is 2.55 bits per heavy atom. The Bertz CT molecular complexity index is 266. The van der Waals surface area contributed by atoms with Gasteiger partial charge < -0.3 is 20.5 Å². The van der Waals surface area contributed by atoms with E-state index in [1.807, 2.05) is 13.8 Å². The summed E-state index contributed by atoms with van der Waals surface area (Å²) in [7, 11) is 0. The van der Waals surface area contributed by atoms with Gasteiger partial charge in [-0.2, -0.15) is 0 Å². The molecule has 1 aliphatic heterocycles. The number of nitrogens with one attached hydrogen (secondary N) is 2. The summed E-state index contributed by atoms with van der Waals surface area (Å²) in [5.41, 5.74) is -0.175. The van der Waals surface area contributed by atoms with Crippen molar-refractivity contribution in [1.82, 2.24) is 10.6 Å². The third kappa shape index (κ3) is 5.77. The van der Waals surface area contributed by atoms with Crippen molar-refractivity contribution in [3.63, 3.8) is 0 Å². The van der Waals surface area contributed by atoms with E-state index in [4.69, 9.17) is 4.74 Å². The molecule has 0 saturated carbocycles. The van der Waals surface area contributed by atoms with Gasteiger partial charge in [-0.1, -0.05) is 13.8 Å². The van der Waals surface area contributed by atoms with Crippen molar-refractivity contribution in [1.29, 1.82) is 0 Å². The first-order valence-electron chi connectivity index (χ1n) is 7.85. The van der Waals surface area contributed by atoms with Gasteiger partial charge in [-0.25, -0.2) is 0 Å². The van der Waals surface area contributed by atoms with Crippen LogP contribution in [0.3, 0.4) is 0 Å². The molecule has 1 heterocycles. The summed E-state index contributed by atoms with van der Waals surface area (Å²) in [5.74, 6) is 0.0126. The van der Waals surface area contributed by atoms with Gasteiger partial charge in [0.2, 0.25) is 5.91 Å². The van der Waals surface area contributed by atoms with E-state index < -0.39 is 0 Å². The fourth-order valence-electron chi connectivity index (χ4n) is 2.43. The summed E-state index contributed by atoms with van der Waals surface area (Å²) < 4.78 is 5.71. The number of aliphatic hydroxyl groups excluding tert-OH is 1. The van der Waals surface area contributed by atoms with E-state index in [9.17, 15) is 9.90 Å². The molecule has 1 aliphatic rings. The van der Waals surface area contributed by atoms with Crippen LogP contribution in [-0.4, -0.2) is 50.0 Å². The van der Waals surface area contributed by atoms with Crippen molar-refractivity contribution in [2.24, 2.45) is 5.41 Å². The second-order valence-corrected chi connectivity index (χ2v) is 5.71. The van der Waals surface area contributed by atoms with E-state index >= 15 is 0 Å². The molecule has 0 unspecified atom stereocenters. The van der Waals surface area contributed by atoms with Crippen LogP contribution in [-0.2, 0) is 9.53 Å². The van der Waals surface area contributed by atoms with E-state index in [1.54, 1.807) is 0 Å². The maximum Gasteiger partial charge on any atom is 0.222 e. The molecule has 0 aromatic rings. The highest BCUT2D eigenvalue weighted by molar-refractivity contribution is 5.76. The zero-order valence-corrected chi connectivity index (χ0v) is 12.9. The van der Waals surface area contributed by atoms with Crippen LogP contribution in [0.15, 0.2) is 0 Å². The number of hydrogen-bond acceptors (Lipinski definition) is 4. The number of rotatable bonds is 9. The van der Waals surface area contributed by atoms with Crippen molar-refractivity contribution in [3.05, 3.63) is 0 Å². The third-order valence-electron chi connectivity index (χ3n) is 4.46. The number of carbonyl (C=O) groups is 1. The van der Waals surface area contributed by atoms with Crippen molar-refractivity contribution in [2.45, 2.75) is 52.1 Å². The molecule has 0 atom stereocenters. The zero-order valence-electron chi connectivity index (χ0n) is 12.9. The number of aliphatic hydroxyl groups is 1. The van der Waals surface area contributed by atoms with Gasteiger partial charge in [0.15, 0.2) is 0 Å². The third-order valence-corrected chi connectivity index (χ3v) is 4.46. The lowest BCUT2D eigenvalue weighted by Crippen LogP contribution is -2.40. The number of hydrogen-bond donors (Lipinski definition) is 3. The zero-order chi connectivity index (χ0) is 14.8. The van der Waals surface area contributed by atoms with Crippen LogP contribution >= 0.6 is 0 Å². The highest BCUT2D eigenvalue weighted by atomic mass is 16.5. The van der Waals surface area contributed by atoms with Gasteiger partial charge in [0, 0.05) is 18.4 Å². The van der Waals surface area contributed by atoms with E-state index in [0.717, 1.165) is 38.8 Å². The summed E-state index contributed by atoms with van der Waals surface area (Å²) in [6, 6.07) is 0. The van der Waals surface area contributed by atoms with Crippen LogP contribution in [0.5, 0.6) is 0 Å². The first-order chi connectivity index (χ1) is 9.65. The molecule has 1 fully saturated rings. The summed E-state index contributed by atoms with van der Waals surface area (Å²) >= 11 is 0. The maximum atomic E-state index is 11.8. The SMILES string of the molecule is CCC(CC)(CO)CNC(=O)CCOC1CCNCC1. The lowest BCUT2D eigenvalue weighted by molar-refractivity contribution is -0.123. The average molecular weight is 286 g/mol. The Morgan fingerprint density at radius 2 is 2.00 bits per heavy atom. The molecular weight excluding hydrogens is 256 g/mol. The molecule has 3 N–H and O–H groups in total. The second-order valence-electron chi connectivity index (χ2n) is 5.71. The molecule has 0 spiro atoms. The molecule has 118 valence electrons. The second kappa shape index (κ2) is 9.32. The fraction of sp³-hybridized carbons (Fsp3) is 0.933. The minimum atomic E-state index is -0.175. The first-order valence-corrected chi connectivity index (χ1v) is 7.85. The van der Waals surface area contributed by atoms with Gasteiger partial charge in [-0.05, 0) is 38.8 Å². The Kier molecular flexibility index (Phi) is 8.11. The predicted molar refractivity (Wildman–Crippen MR) is 79.6 cm³/mol. The van der Waals surface area contributed by atoms with Gasteiger partial charge in [0.05, 0.1) is 19.3 Å². The molecule has 5 nitrogen and oxygen atoms in total. The molecular formula is C15H30N2O3. The van der Waals surface area contributed by atoms with Gasteiger partial charge in [0.25, 0.3) is 0 Å². The molecule has 20 heavy (non-hydrogen) atoms. The van der Waals surface area contributed by atoms with E-state index in [1.165, 1.54) is 0 Å². The normalized spacial score (nSPS) is 17.1. The minimum Gasteiger partial charge on any atom is -0.396 e. The summed E-state index contributed by atoms with van der Waals surface area (Å²) in [6.07, 6.45) is 4.49. The van der Waals surface area contributed by atoms with Crippen molar-refractivity contribution in [3.8, 4) is 0 Å². The topological polar surface area (TPSA) is 70.6 Å². The van der Waals surface area contributed by atoms with Crippen molar-refractivity contribution >= 4 is 5.91 Å². The quantitative estimate of drug-likeness (QED) is 0.593. The molecule has 0 bridgehead atoms. The van der Waals surface area contributed by atoms with Crippen LogP contribution in [0.4, 0.5) is 0 Å². The molecule has 1 saturated heterocycles. The molecule has 0 aromatic heterocycles. The molecule has 0 aliphatic carbocycles. The number of carbonyl (C=O) groups excluding carboxylic acids is 1. The van der Waals surface area contributed by atoms with Gasteiger partial charge >= 0.3 is 0 Å². The Hall–Kier alpha value is -0.650. The van der Waals surface area contributed by atoms with Crippen LogP contribution in [0.25, 0.3) is 0 Å². The number of ether oxygens (including phenoxy) is 1. The van der Waals surface area contributed by atoms with Crippen LogP contribution in [0.2, 0.25) is 0 Å². The standard InChI is InChI=1S/C15H30N2O3/c1-3-15(4-2,12-18)11-17-14(19)7-10-20-13-5-8-16-9-6-13/h13,16,18H,3-12H2,1-2H3,(H,17,19). The van der Waals surface area contributed by atoms with E-state index in [-0.39, 0.29) is 17.9 Å². The highest BCUT2D eigenvalue weighted by Gasteiger charge is 2.25. The molecule has 5 heteroatoms. The Labute approximate surface area is 122 Å². The molecule has 0 radical (unpaired) electrons. The molecule has 1 amide bonds.